The fourth-order valence-electron chi connectivity index (χ4n) is 3.07. The molecule has 7 heteroatoms. The van der Waals surface area contributed by atoms with Gasteiger partial charge in [-0.2, -0.15) is 0 Å². The van der Waals surface area contributed by atoms with Gasteiger partial charge in [-0.15, -0.1) is 10.2 Å². The number of benzene rings is 1. The van der Waals surface area contributed by atoms with Crippen LogP contribution in [0, 0.1) is 0 Å². The fraction of sp³-hybridized carbons (Fsp3) is 0.333. The maximum Gasteiger partial charge on any atom is 0.174 e. The number of aromatic hydroxyl groups is 1. The number of nitrogens with zero attached hydrogens (tertiary/aromatic N) is 3. The van der Waals surface area contributed by atoms with Crippen LogP contribution < -0.4 is 20.7 Å². The van der Waals surface area contributed by atoms with Gasteiger partial charge >= 0.3 is 0 Å². The molecule has 1 saturated heterocycles. The second-order valence-corrected chi connectivity index (χ2v) is 5.49. The third-order valence-electron chi connectivity index (χ3n) is 4.15. The van der Waals surface area contributed by atoms with Gasteiger partial charge in [-0.25, -0.2) is 0 Å². The average Bonchev–Trinajstić information content (AvgIpc) is 2.56. The van der Waals surface area contributed by atoms with Crippen LogP contribution in [0.4, 0.5) is 11.5 Å². The molecular formula is C15H17N5O2. The first-order valence-electron chi connectivity index (χ1n) is 7.30. The number of phenols is 1. The minimum absolute atomic E-state index is 0.148. The molecule has 1 aromatic heterocycles. The van der Waals surface area contributed by atoms with Crippen molar-refractivity contribution in [1.29, 1.82) is 0 Å². The Labute approximate surface area is 127 Å². The minimum Gasteiger partial charge on any atom is -0.507 e. The van der Waals surface area contributed by atoms with Crippen LogP contribution in [-0.4, -0.2) is 47.6 Å². The summed E-state index contributed by atoms with van der Waals surface area (Å²) in [6.45, 7) is 3.15. The van der Waals surface area contributed by atoms with E-state index in [0.29, 0.717) is 29.4 Å². The number of ether oxygens (including phenoxy) is 1. The highest BCUT2D eigenvalue weighted by atomic mass is 16.5. The van der Waals surface area contributed by atoms with E-state index in [1.807, 2.05) is 6.07 Å². The Morgan fingerprint density at radius 3 is 3.05 bits per heavy atom. The Balaban J connectivity index is 1.88. The predicted molar refractivity (Wildman–Crippen MR) is 83.0 cm³/mol. The Kier molecular flexibility index (Phi) is 3.00. The Morgan fingerprint density at radius 2 is 2.18 bits per heavy atom. The van der Waals surface area contributed by atoms with Gasteiger partial charge < -0.3 is 25.8 Å². The molecule has 1 atom stereocenters. The number of piperazine rings is 1. The summed E-state index contributed by atoms with van der Waals surface area (Å²) >= 11 is 0. The van der Waals surface area contributed by atoms with E-state index in [0.717, 1.165) is 25.3 Å². The maximum absolute atomic E-state index is 10.1. The van der Waals surface area contributed by atoms with Gasteiger partial charge in [-0.05, 0) is 12.1 Å². The van der Waals surface area contributed by atoms with Crippen LogP contribution in [0.1, 0.15) is 0 Å². The van der Waals surface area contributed by atoms with Crippen molar-refractivity contribution in [3.63, 3.8) is 0 Å². The predicted octanol–water partition coefficient (Wildman–Crippen LogP) is 0.602. The van der Waals surface area contributed by atoms with Crippen LogP contribution in [0.25, 0.3) is 11.3 Å². The minimum atomic E-state index is 0.148. The molecule has 4 rings (SSSR count). The fourth-order valence-corrected chi connectivity index (χ4v) is 3.07. The first-order chi connectivity index (χ1) is 10.8. The quantitative estimate of drug-likeness (QED) is 0.709. The largest absolute Gasteiger partial charge is 0.507 e. The molecule has 0 saturated carbocycles. The summed E-state index contributed by atoms with van der Waals surface area (Å²) < 4.78 is 5.94. The molecule has 4 N–H and O–H groups in total. The van der Waals surface area contributed by atoms with Crippen molar-refractivity contribution in [3.05, 3.63) is 24.3 Å². The number of rotatable bonds is 1. The summed E-state index contributed by atoms with van der Waals surface area (Å²) in [4.78, 5) is 2.23. The monoisotopic (exact) mass is 299 g/mol. The van der Waals surface area contributed by atoms with Crippen LogP contribution in [0.15, 0.2) is 24.3 Å². The number of phenolic OH excluding ortho intramolecular Hbond substituents is 1. The van der Waals surface area contributed by atoms with E-state index >= 15 is 0 Å². The lowest BCUT2D eigenvalue weighted by Gasteiger charge is -2.42. The van der Waals surface area contributed by atoms with Crippen LogP contribution in [0.5, 0.6) is 11.5 Å². The number of hydrogen-bond donors (Lipinski definition) is 3. The number of aromatic nitrogens is 2. The molecule has 1 aromatic carbocycles. The summed E-state index contributed by atoms with van der Waals surface area (Å²) in [6, 6.07) is 7.27. The Morgan fingerprint density at radius 1 is 1.32 bits per heavy atom. The van der Waals surface area contributed by atoms with E-state index in [1.165, 1.54) is 0 Å². The lowest BCUT2D eigenvalue weighted by atomic mass is 10.1. The number of fused-ring (bicyclic) bond motifs is 3. The lowest BCUT2D eigenvalue weighted by molar-refractivity contribution is 0.247. The zero-order valence-electron chi connectivity index (χ0n) is 12.0. The van der Waals surface area contributed by atoms with Crippen LogP contribution >= 0.6 is 0 Å². The molecule has 0 amide bonds. The molecule has 0 bridgehead atoms. The highest BCUT2D eigenvalue weighted by Crippen LogP contribution is 2.45. The first-order valence-corrected chi connectivity index (χ1v) is 7.30. The summed E-state index contributed by atoms with van der Waals surface area (Å²) in [5.74, 6) is 1.11. The molecule has 2 aliphatic rings. The van der Waals surface area contributed by atoms with Gasteiger partial charge in [0.15, 0.2) is 11.6 Å². The first kappa shape index (κ1) is 13.1. The van der Waals surface area contributed by atoms with Crippen molar-refractivity contribution in [1.82, 2.24) is 15.5 Å². The molecule has 2 aromatic rings. The third kappa shape index (κ3) is 1.93. The smallest absolute Gasteiger partial charge is 0.174 e. The molecule has 3 heterocycles. The van der Waals surface area contributed by atoms with E-state index in [1.54, 1.807) is 18.2 Å². The van der Waals surface area contributed by atoms with Crippen molar-refractivity contribution < 1.29 is 9.84 Å². The van der Waals surface area contributed by atoms with Gasteiger partial charge in [-0.3, -0.25) is 0 Å². The van der Waals surface area contributed by atoms with E-state index < -0.39 is 0 Å². The van der Waals surface area contributed by atoms with Gasteiger partial charge in [0.1, 0.15) is 23.7 Å². The van der Waals surface area contributed by atoms with Crippen LogP contribution in [-0.2, 0) is 0 Å². The average molecular weight is 299 g/mol. The summed E-state index contributed by atoms with van der Waals surface area (Å²) in [5, 5.41) is 21.7. The standard InChI is InChI=1S/C15H17N5O2/c16-15-13-14(22-8-9-7-17-5-6-20(9)13)12(18-19-15)10-3-1-2-4-11(10)21/h1-4,9,17,21H,5-8H2,(H2,16,19). The second kappa shape index (κ2) is 5.03. The molecule has 114 valence electrons. The summed E-state index contributed by atoms with van der Waals surface area (Å²) in [5.41, 5.74) is 7.96. The van der Waals surface area contributed by atoms with Gasteiger partial charge in [0, 0.05) is 25.2 Å². The number of para-hydroxylation sites is 1. The van der Waals surface area contributed by atoms with E-state index in [9.17, 15) is 5.11 Å². The molecule has 2 aliphatic heterocycles. The van der Waals surface area contributed by atoms with Gasteiger partial charge in [0.05, 0.1) is 6.04 Å². The number of nitrogens with one attached hydrogen (secondary N) is 1. The number of nitrogens with two attached hydrogens (primary N) is 1. The molecule has 7 nitrogen and oxygen atoms in total. The molecule has 0 aliphatic carbocycles. The van der Waals surface area contributed by atoms with E-state index in [2.05, 4.69) is 20.4 Å². The molecule has 1 fully saturated rings. The van der Waals surface area contributed by atoms with Crippen LogP contribution in [0.3, 0.4) is 0 Å². The third-order valence-corrected chi connectivity index (χ3v) is 4.15. The highest BCUT2D eigenvalue weighted by Gasteiger charge is 2.34. The SMILES string of the molecule is Nc1nnc(-c2ccccc2O)c2c1N1CCNCC1CO2. The zero-order valence-corrected chi connectivity index (χ0v) is 12.0. The normalized spacial score (nSPS) is 20.0. The van der Waals surface area contributed by atoms with Crippen molar-refractivity contribution in [2.45, 2.75) is 6.04 Å². The Hall–Kier alpha value is -2.54. The van der Waals surface area contributed by atoms with Gasteiger partial charge in [0.25, 0.3) is 0 Å². The molecular weight excluding hydrogens is 282 g/mol. The van der Waals surface area contributed by atoms with Crippen molar-refractivity contribution in [2.24, 2.45) is 0 Å². The van der Waals surface area contributed by atoms with Gasteiger partial charge in [0.2, 0.25) is 0 Å². The number of anilines is 2. The van der Waals surface area contributed by atoms with Crippen molar-refractivity contribution in [3.8, 4) is 22.8 Å². The summed E-state index contributed by atoms with van der Waals surface area (Å²) in [6.07, 6.45) is 0. The topological polar surface area (TPSA) is 96.5 Å². The molecule has 0 radical (unpaired) electrons. The zero-order chi connectivity index (χ0) is 15.1. The van der Waals surface area contributed by atoms with Crippen molar-refractivity contribution in [2.75, 3.05) is 36.9 Å². The maximum atomic E-state index is 10.1. The Bertz CT molecular complexity index is 721. The van der Waals surface area contributed by atoms with Crippen LogP contribution in [0.2, 0.25) is 0 Å². The molecule has 22 heavy (non-hydrogen) atoms. The number of hydrogen-bond acceptors (Lipinski definition) is 7. The lowest BCUT2D eigenvalue weighted by Crippen LogP contribution is -2.56. The van der Waals surface area contributed by atoms with E-state index in [-0.39, 0.29) is 11.8 Å². The molecule has 0 spiro atoms. The van der Waals surface area contributed by atoms with E-state index in [4.69, 9.17) is 10.5 Å². The van der Waals surface area contributed by atoms with Crippen molar-refractivity contribution >= 4 is 11.5 Å². The second-order valence-electron chi connectivity index (χ2n) is 5.49. The summed E-state index contributed by atoms with van der Waals surface area (Å²) in [7, 11) is 0. The molecule has 1 unspecified atom stereocenters. The highest BCUT2D eigenvalue weighted by molar-refractivity contribution is 5.84. The van der Waals surface area contributed by atoms with Gasteiger partial charge in [-0.1, -0.05) is 12.1 Å². The number of nitrogen functional groups attached to an aromatic ring is 1.